The van der Waals surface area contributed by atoms with Gasteiger partial charge in [-0.1, -0.05) is 6.07 Å². The molecule has 1 atom stereocenters. The summed E-state index contributed by atoms with van der Waals surface area (Å²) >= 11 is 0. The highest BCUT2D eigenvalue weighted by atomic mass is 16.5. The molecule has 2 aromatic carbocycles. The Balaban J connectivity index is 1.69. The van der Waals surface area contributed by atoms with Gasteiger partial charge in [0.1, 0.15) is 5.75 Å². The van der Waals surface area contributed by atoms with Crippen molar-refractivity contribution < 1.29 is 23.7 Å². The van der Waals surface area contributed by atoms with Gasteiger partial charge in [0.15, 0.2) is 17.3 Å². The monoisotopic (exact) mass is 427 g/mol. The van der Waals surface area contributed by atoms with Gasteiger partial charge in [0.25, 0.3) is 0 Å². The van der Waals surface area contributed by atoms with Crippen LogP contribution in [0.15, 0.2) is 36.4 Å². The number of carbonyl (C=O) groups is 1. The number of rotatable bonds is 10. The van der Waals surface area contributed by atoms with E-state index < -0.39 is 0 Å². The Hall–Kier alpha value is -2.57. The lowest BCUT2D eigenvalue weighted by atomic mass is 9.89. The lowest BCUT2D eigenvalue weighted by Gasteiger charge is -2.32. The normalized spacial score (nSPS) is 16.7. The fraction of sp³-hybridized carbons (Fsp3) is 0.480. The van der Waals surface area contributed by atoms with Crippen molar-refractivity contribution in [3.05, 3.63) is 53.1 Å². The molecule has 1 aliphatic rings. The minimum Gasteiger partial charge on any atom is -0.496 e. The van der Waals surface area contributed by atoms with Gasteiger partial charge in [-0.2, -0.15) is 0 Å². The number of ketones is 1. The van der Waals surface area contributed by atoms with E-state index in [-0.39, 0.29) is 11.7 Å². The summed E-state index contributed by atoms with van der Waals surface area (Å²) in [7, 11) is 4.86. The number of carbonyl (C=O) groups excluding carboxylic acids is 1. The summed E-state index contributed by atoms with van der Waals surface area (Å²) < 4.78 is 21.7. The van der Waals surface area contributed by atoms with E-state index in [1.54, 1.807) is 33.5 Å². The Morgan fingerprint density at radius 1 is 1.00 bits per heavy atom. The average molecular weight is 428 g/mol. The van der Waals surface area contributed by atoms with Crippen LogP contribution >= 0.6 is 0 Å². The topological polar surface area (TPSA) is 57.2 Å². The largest absolute Gasteiger partial charge is 0.496 e. The maximum Gasteiger partial charge on any atom is 0.167 e. The molecule has 1 heterocycles. The second kappa shape index (κ2) is 11.2. The average Bonchev–Trinajstić information content (AvgIpc) is 2.82. The van der Waals surface area contributed by atoms with Gasteiger partial charge in [-0.25, -0.2) is 0 Å². The van der Waals surface area contributed by atoms with Crippen LogP contribution in [0.2, 0.25) is 0 Å². The van der Waals surface area contributed by atoms with Crippen LogP contribution in [0.4, 0.5) is 0 Å². The first kappa shape index (κ1) is 23.1. The van der Waals surface area contributed by atoms with Crippen LogP contribution in [0.3, 0.4) is 0 Å². The molecule has 0 unspecified atom stereocenters. The van der Waals surface area contributed by atoms with Crippen LogP contribution in [-0.2, 0) is 17.9 Å². The van der Waals surface area contributed by atoms with Crippen LogP contribution in [0.5, 0.6) is 17.2 Å². The first-order chi connectivity index (χ1) is 15.1. The zero-order valence-corrected chi connectivity index (χ0v) is 19.0. The number of methoxy groups -OCH3 is 3. The second-order valence-electron chi connectivity index (χ2n) is 7.79. The van der Waals surface area contributed by atoms with Crippen LogP contribution in [0, 0.1) is 5.92 Å². The molecule has 0 N–H and O–H groups in total. The lowest BCUT2D eigenvalue weighted by molar-refractivity contribution is 0.0811. The van der Waals surface area contributed by atoms with Gasteiger partial charge >= 0.3 is 0 Å². The molecule has 2 aromatic rings. The molecule has 0 aromatic heterocycles. The molecule has 0 radical (unpaired) electrons. The SMILES string of the molecule is CCOCc1cc(CN2CCC[C@H](C(=O)c3ccc(OC)c(OC)c3)C2)ccc1OC. The molecule has 1 aliphatic heterocycles. The third-order valence-electron chi connectivity index (χ3n) is 5.76. The van der Waals surface area contributed by atoms with E-state index in [9.17, 15) is 4.79 Å². The first-order valence-corrected chi connectivity index (χ1v) is 10.8. The quantitative estimate of drug-likeness (QED) is 0.526. The van der Waals surface area contributed by atoms with E-state index in [0.29, 0.717) is 30.3 Å². The number of hydrogen-bond donors (Lipinski definition) is 0. The molecule has 0 bridgehead atoms. The van der Waals surface area contributed by atoms with E-state index in [0.717, 1.165) is 43.8 Å². The zero-order chi connectivity index (χ0) is 22.2. The molecule has 1 fully saturated rings. The van der Waals surface area contributed by atoms with Gasteiger partial charge in [0.2, 0.25) is 0 Å². The molecule has 31 heavy (non-hydrogen) atoms. The van der Waals surface area contributed by atoms with Crippen molar-refractivity contribution in [2.75, 3.05) is 41.0 Å². The van der Waals surface area contributed by atoms with E-state index in [1.807, 2.05) is 19.1 Å². The number of Topliss-reactive ketones (excluding diaryl/α,β-unsaturated/α-hetero) is 1. The summed E-state index contributed by atoms with van der Waals surface area (Å²) in [4.78, 5) is 15.5. The molecule has 0 aliphatic carbocycles. The summed E-state index contributed by atoms with van der Waals surface area (Å²) in [6, 6.07) is 11.6. The predicted octanol–water partition coefficient (Wildman–Crippen LogP) is 4.34. The van der Waals surface area contributed by atoms with Gasteiger partial charge in [-0.3, -0.25) is 9.69 Å². The third-order valence-corrected chi connectivity index (χ3v) is 5.76. The number of piperidine rings is 1. The highest BCUT2D eigenvalue weighted by molar-refractivity contribution is 5.98. The molecule has 0 amide bonds. The Kier molecular flexibility index (Phi) is 8.32. The molecule has 6 nitrogen and oxygen atoms in total. The van der Waals surface area contributed by atoms with Crippen molar-refractivity contribution in [2.45, 2.75) is 32.9 Å². The van der Waals surface area contributed by atoms with Gasteiger partial charge < -0.3 is 18.9 Å². The van der Waals surface area contributed by atoms with Crippen molar-refractivity contribution in [3.8, 4) is 17.2 Å². The Bertz CT molecular complexity index is 882. The molecule has 168 valence electrons. The van der Waals surface area contributed by atoms with Crippen molar-refractivity contribution >= 4 is 5.78 Å². The van der Waals surface area contributed by atoms with E-state index in [4.69, 9.17) is 18.9 Å². The van der Waals surface area contributed by atoms with Gasteiger partial charge in [-0.15, -0.1) is 0 Å². The van der Waals surface area contributed by atoms with E-state index in [2.05, 4.69) is 17.0 Å². The van der Waals surface area contributed by atoms with Gasteiger partial charge in [0, 0.05) is 36.7 Å². The molecular formula is C25H33NO5. The highest BCUT2D eigenvalue weighted by Crippen LogP contribution is 2.30. The molecule has 1 saturated heterocycles. The predicted molar refractivity (Wildman–Crippen MR) is 120 cm³/mol. The molecular weight excluding hydrogens is 394 g/mol. The van der Waals surface area contributed by atoms with Crippen molar-refractivity contribution in [1.82, 2.24) is 4.90 Å². The first-order valence-electron chi connectivity index (χ1n) is 10.8. The van der Waals surface area contributed by atoms with Crippen LogP contribution in [-0.4, -0.2) is 51.7 Å². The van der Waals surface area contributed by atoms with E-state index >= 15 is 0 Å². The maximum atomic E-state index is 13.2. The summed E-state index contributed by atoms with van der Waals surface area (Å²) in [5.74, 6) is 2.20. The zero-order valence-electron chi connectivity index (χ0n) is 19.0. The van der Waals surface area contributed by atoms with E-state index in [1.165, 1.54) is 5.56 Å². The highest BCUT2D eigenvalue weighted by Gasteiger charge is 2.27. The third kappa shape index (κ3) is 5.77. The number of hydrogen-bond acceptors (Lipinski definition) is 6. The minimum absolute atomic E-state index is 0.0204. The van der Waals surface area contributed by atoms with Crippen molar-refractivity contribution in [3.63, 3.8) is 0 Å². The van der Waals surface area contributed by atoms with Crippen LogP contribution in [0.25, 0.3) is 0 Å². The second-order valence-corrected chi connectivity index (χ2v) is 7.79. The summed E-state index contributed by atoms with van der Waals surface area (Å²) in [5.41, 5.74) is 2.93. The van der Waals surface area contributed by atoms with Crippen molar-refractivity contribution in [2.24, 2.45) is 5.92 Å². The standard InChI is InChI=1S/C25H33NO5/c1-5-31-17-21-13-18(8-10-22(21)28-2)15-26-12-6-7-20(16-26)25(27)19-9-11-23(29-3)24(14-19)30-4/h8-11,13-14,20H,5-7,12,15-17H2,1-4H3/t20-/m0/s1. The lowest BCUT2D eigenvalue weighted by Crippen LogP contribution is -2.38. The molecule has 6 heteroatoms. The Morgan fingerprint density at radius 2 is 1.74 bits per heavy atom. The Morgan fingerprint density at radius 3 is 2.45 bits per heavy atom. The summed E-state index contributed by atoms with van der Waals surface area (Å²) in [5, 5.41) is 0. The maximum absolute atomic E-state index is 13.2. The minimum atomic E-state index is -0.0204. The fourth-order valence-electron chi connectivity index (χ4n) is 4.15. The number of benzene rings is 2. The smallest absolute Gasteiger partial charge is 0.167 e. The number of ether oxygens (including phenoxy) is 4. The fourth-order valence-corrected chi connectivity index (χ4v) is 4.15. The molecule has 0 spiro atoms. The van der Waals surface area contributed by atoms with Crippen molar-refractivity contribution in [1.29, 1.82) is 0 Å². The van der Waals surface area contributed by atoms with Gasteiger partial charge in [-0.05, 0) is 62.2 Å². The molecule has 0 saturated carbocycles. The number of nitrogens with zero attached hydrogens (tertiary/aromatic N) is 1. The number of likely N-dealkylation sites (tertiary alicyclic amines) is 1. The Labute approximate surface area is 185 Å². The van der Waals surface area contributed by atoms with Crippen LogP contribution in [0.1, 0.15) is 41.3 Å². The summed E-state index contributed by atoms with van der Waals surface area (Å²) in [6.07, 6.45) is 1.91. The van der Waals surface area contributed by atoms with Gasteiger partial charge in [0.05, 0.1) is 27.9 Å². The molecule has 3 rings (SSSR count). The van der Waals surface area contributed by atoms with Crippen LogP contribution < -0.4 is 14.2 Å². The summed E-state index contributed by atoms with van der Waals surface area (Å²) in [6.45, 7) is 5.73.